The Hall–Kier alpha value is -4.31. The van der Waals surface area contributed by atoms with Gasteiger partial charge < -0.3 is 4.74 Å². The predicted molar refractivity (Wildman–Crippen MR) is 127 cm³/mol. The standard InChI is InChI=1S/C29H22O4/c1-33-28-16-14-27(15-17-28)29(24-8-2-21(18-30)3-9-24,25-10-4-22(19-31)5-11-25)26-12-6-23(20-32)7-13-26/h2-20H,1H3. The van der Waals surface area contributed by atoms with Crippen LogP contribution >= 0.6 is 0 Å². The molecule has 4 aromatic rings. The summed E-state index contributed by atoms with van der Waals surface area (Å²) in [6, 6.07) is 30.2. The Bertz CT molecular complexity index is 1130. The van der Waals surface area contributed by atoms with Gasteiger partial charge in [-0.15, -0.1) is 0 Å². The second-order valence-corrected chi connectivity index (χ2v) is 7.70. The smallest absolute Gasteiger partial charge is 0.150 e. The zero-order valence-electron chi connectivity index (χ0n) is 18.1. The summed E-state index contributed by atoms with van der Waals surface area (Å²) in [4.78, 5) is 33.9. The highest BCUT2D eigenvalue weighted by molar-refractivity contribution is 5.77. The van der Waals surface area contributed by atoms with Crippen molar-refractivity contribution in [1.29, 1.82) is 0 Å². The van der Waals surface area contributed by atoms with Gasteiger partial charge in [-0.2, -0.15) is 0 Å². The maximum absolute atomic E-state index is 11.3. The zero-order valence-corrected chi connectivity index (χ0v) is 18.1. The minimum Gasteiger partial charge on any atom is -0.497 e. The van der Waals surface area contributed by atoms with Crippen molar-refractivity contribution in [3.05, 3.63) is 136 Å². The molecule has 0 spiro atoms. The summed E-state index contributed by atoms with van der Waals surface area (Å²) >= 11 is 0. The van der Waals surface area contributed by atoms with Gasteiger partial charge in [-0.1, -0.05) is 84.9 Å². The van der Waals surface area contributed by atoms with Crippen molar-refractivity contribution in [2.45, 2.75) is 5.41 Å². The van der Waals surface area contributed by atoms with Gasteiger partial charge >= 0.3 is 0 Å². The number of aldehydes is 3. The number of carbonyl (C=O) groups excluding carboxylic acids is 3. The maximum atomic E-state index is 11.3. The Morgan fingerprint density at radius 2 is 0.758 bits per heavy atom. The molecule has 0 aliphatic rings. The molecule has 4 aromatic carbocycles. The first-order valence-corrected chi connectivity index (χ1v) is 10.5. The lowest BCUT2D eigenvalue weighted by molar-refractivity contribution is 0.111. The minimum absolute atomic E-state index is 0.579. The Morgan fingerprint density at radius 3 is 1.00 bits per heavy atom. The molecule has 0 aromatic heterocycles. The molecule has 0 saturated carbocycles. The van der Waals surface area contributed by atoms with Gasteiger partial charge in [0.2, 0.25) is 0 Å². The van der Waals surface area contributed by atoms with Gasteiger partial charge in [0.05, 0.1) is 12.5 Å². The SMILES string of the molecule is COc1ccc(C(c2ccc(C=O)cc2)(c2ccc(C=O)cc2)c2ccc(C=O)cc2)cc1. The summed E-state index contributed by atoms with van der Waals surface area (Å²) in [7, 11) is 1.62. The first-order chi connectivity index (χ1) is 16.1. The molecule has 0 N–H and O–H groups in total. The third-order valence-electron chi connectivity index (χ3n) is 5.96. The second-order valence-electron chi connectivity index (χ2n) is 7.70. The van der Waals surface area contributed by atoms with Crippen molar-refractivity contribution in [3.63, 3.8) is 0 Å². The van der Waals surface area contributed by atoms with Gasteiger partial charge in [0.1, 0.15) is 24.6 Å². The van der Waals surface area contributed by atoms with Gasteiger partial charge in [0.15, 0.2) is 0 Å². The highest BCUT2D eigenvalue weighted by Gasteiger charge is 2.38. The van der Waals surface area contributed by atoms with Crippen LogP contribution in [0, 0.1) is 0 Å². The van der Waals surface area contributed by atoms with Crippen LogP contribution in [0.5, 0.6) is 5.75 Å². The van der Waals surface area contributed by atoms with Crippen molar-refractivity contribution < 1.29 is 19.1 Å². The number of rotatable bonds is 8. The van der Waals surface area contributed by atoms with E-state index in [1.54, 1.807) is 43.5 Å². The van der Waals surface area contributed by atoms with Gasteiger partial charge in [0, 0.05) is 16.7 Å². The monoisotopic (exact) mass is 434 g/mol. The van der Waals surface area contributed by atoms with E-state index < -0.39 is 5.41 Å². The molecule has 0 amide bonds. The predicted octanol–water partition coefficient (Wildman–Crippen LogP) is 5.52. The van der Waals surface area contributed by atoms with Crippen LogP contribution in [0.1, 0.15) is 53.3 Å². The molecule has 0 saturated heterocycles. The molecular formula is C29H22O4. The van der Waals surface area contributed by atoms with Gasteiger partial charge in [0.25, 0.3) is 0 Å². The average Bonchev–Trinajstić information content (AvgIpc) is 2.90. The van der Waals surface area contributed by atoms with Crippen molar-refractivity contribution in [2.75, 3.05) is 7.11 Å². The quantitative estimate of drug-likeness (QED) is 0.271. The van der Waals surface area contributed by atoms with E-state index in [0.717, 1.165) is 46.9 Å². The molecule has 0 heterocycles. The Labute approximate surface area is 192 Å². The number of methoxy groups -OCH3 is 1. The maximum Gasteiger partial charge on any atom is 0.150 e. The molecule has 0 aliphatic carbocycles. The molecule has 33 heavy (non-hydrogen) atoms. The lowest BCUT2D eigenvalue weighted by Crippen LogP contribution is -2.31. The molecule has 0 unspecified atom stereocenters. The van der Waals surface area contributed by atoms with Crippen molar-refractivity contribution in [1.82, 2.24) is 0 Å². The van der Waals surface area contributed by atoms with Crippen molar-refractivity contribution in [3.8, 4) is 5.75 Å². The fourth-order valence-electron chi connectivity index (χ4n) is 4.28. The highest BCUT2D eigenvalue weighted by atomic mass is 16.5. The van der Waals surface area contributed by atoms with Crippen LogP contribution < -0.4 is 4.74 Å². The molecule has 4 rings (SSSR count). The van der Waals surface area contributed by atoms with Crippen LogP contribution in [0.3, 0.4) is 0 Å². The van der Waals surface area contributed by atoms with E-state index in [1.165, 1.54) is 0 Å². The lowest BCUT2D eigenvalue weighted by atomic mass is 9.65. The molecule has 0 fully saturated rings. The van der Waals surface area contributed by atoms with E-state index in [1.807, 2.05) is 60.7 Å². The average molecular weight is 434 g/mol. The number of hydrogen-bond donors (Lipinski definition) is 0. The Kier molecular flexibility index (Phi) is 6.27. The van der Waals surface area contributed by atoms with E-state index in [4.69, 9.17) is 4.74 Å². The Balaban J connectivity index is 2.08. The Morgan fingerprint density at radius 1 is 0.485 bits per heavy atom. The van der Waals surface area contributed by atoms with E-state index in [-0.39, 0.29) is 0 Å². The van der Waals surface area contributed by atoms with Crippen LogP contribution in [0.25, 0.3) is 0 Å². The molecule has 0 atom stereocenters. The molecule has 0 bridgehead atoms. The zero-order chi connectivity index (χ0) is 23.3. The number of benzene rings is 4. The van der Waals surface area contributed by atoms with Crippen molar-refractivity contribution >= 4 is 18.9 Å². The number of ether oxygens (including phenoxy) is 1. The largest absolute Gasteiger partial charge is 0.497 e. The van der Waals surface area contributed by atoms with Gasteiger partial charge in [-0.3, -0.25) is 14.4 Å². The summed E-state index contributed by atoms with van der Waals surface area (Å²) in [5.41, 5.74) is 4.76. The first-order valence-electron chi connectivity index (χ1n) is 10.5. The molecule has 4 heteroatoms. The lowest BCUT2D eigenvalue weighted by Gasteiger charge is -2.37. The first kappa shape index (κ1) is 21.9. The minimum atomic E-state index is -0.767. The van der Waals surface area contributed by atoms with Crippen LogP contribution in [-0.2, 0) is 5.41 Å². The second kappa shape index (κ2) is 9.45. The molecule has 162 valence electrons. The normalized spacial score (nSPS) is 10.9. The van der Waals surface area contributed by atoms with Crippen LogP contribution in [0.2, 0.25) is 0 Å². The third-order valence-corrected chi connectivity index (χ3v) is 5.96. The number of hydrogen-bond acceptors (Lipinski definition) is 4. The van der Waals surface area contributed by atoms with E-state index >= 15 is 0 Å². The van der Waals surface area contributed by atoms with Gasteiger partial charge in [-0.05, 0) is 34.4 Å². The molecular weight excluding hydrogens is 412 g/mol. The summed E-state index contributed by atoms with van der Waals surface area (Å²) in [5.74, 6) is 0.733. The summed E-state index contributed by atoms with van der Waals surface area (Å²) in [6.45, 7) is 0. The van der Waals surface area contributed by atoms with E-state index in [2.05, 4.69) is 0 Å². The van der Waals surface area contributed by atoms with Crippen LogP contribution in [-0.4, -0.2) is 26.0 Å². The topological polar surface area (TPSA) is 60.4 Å². The van der Waals surface area contributed by atoms with E-state index in [0.29, 0.717) is 16.7 Å². The van der Waals surface area contributed by atoms with Crippen molar-refractivity contribution in [2.24, 2.45) is 0 Å². The van der Waals surface area contributed by atoms with Crippen LogP contribution in [0.15, 0.2) is 97.1 Å². The molecule has 4 nitrogen and oxygen atoms in total. The molecule has 0 aliphatic heterocycles. The fourth-order valence-corrected chi connectivity index (χ4v) is 4.28. The summed E-state index contributed by atoms with van der Waals surface area (Å²) in [6.07, 6.45) is 2.45. The van der Waals surface area contributed by atoms with E-state index in [9.17, 15) is 14.4 Å². The fraction of sp³-hybridized carbons (Fsp3) is 0.0690. The summed E-state index contributed by atoms with van der Waals surface area (Å²) < 4.78 is 5.37. The van der Waals surface area contributed by atoms with Gasteiger partial charge in [-0.25, -0.2) is 0 Å². The summed E-state index contributed by atoms with van der Waals surface area (Å²) in [5, 5.41) is 0. The third kappa shape index (κ3) is 3.99. The highest BCUT2D eigenvalue weighted by Crippen LogP contribution is 2.45. The van der Waals surface area contributed by atoms with Crippen LogP contribution in [0.4, 0.5) is 0 Å². The molecule has 0 radical (unpaired) electrons. The number of carbonyl (C=O) groups is 3.